The second-order valence-electron chi connectivity index (χ2n) is 4.16. The van der Waals surface area contributed by atoms with Crippen molar-refractivity contribution in [2.45, 2.75) is 26.4 Å². The third kappa shape index (κ3) is 1.48. The minimum absolute atomic E-state index is 0.0657. The molecule has 1 N–H and O–H groups in total. The molecule has 1 aliphatic heterocycles. The summed E-state index contributed by atoms with van der Waals surface area (Å²) in [5.41, 5.74) is -0.405. The van der Waals surface area contributed by atoms with E-state index in [9.17, 15) is 14.7 Å². The molecule has 2 rings (SSSR count). The highest BCUT2D eigenvalue weighted by Gasteiger charge is 2.29. The molecule has 16 heavy (non-hydrogen) atoms. The molecular formula is C11H14N2O3. The first-order valence-electron chi connectivity index (χ1n) is 5.25. The molecule has 0 radical (unpaired) electrons. The van der Waals surface area contributed by atoms with E-state index in [1.807, 2.05) is 13.8 Å². The fourth-order valence-corrected chi connectivity index (χ4v) is 1.92. The maximum absolute atomic E-state index is 12.0. The molecular weight excluding hydrogens is 208 g/mol. The van der Waals surface area contributed by atoms with Crippen LogP contribution in [-0.2, 0) is 6.54 Å². The summed E-state index contributed by atoms with van der Waals surface area (Å²) in [7, 11) is 0. The van der Waals surface area contributed by atoms with Gasteiger partial charge in [-0.25, -0.2) is 0 Å². The lowest BCUT2D eigenvalue weighted by Crippen LogP contribution is -2.45. The predicted octanol–water partition coefficient (Wildman–Crippen LogP) is 0.418. The molecule has 0 atom stereocenters. The first-order chi connectivity index (χ1) is 7.52. The summed E-state index contributed by atoms with van der Waals surface area (Å²) in [6.45, 7) is 5.02. The Hall–Kier alpha value is -1.78. The first kappa shape index (κ1) is 10.7. The van der Waals surface area contributed by atoms with Crippen molar-refractivity contribution in [3.8, 4) is 5.75 Å². The van der Waals surface area contributed by atoms with Gasteiger partial charge in [0.25, 0.3) is 5.91 Å². The van der Waals surface area contributed by atoms with Crippen LogP contribution < -0.4 is 5.43 Å². The Bertz CT molecular complexity index is 490. The van der Waals surface area contributed by atoms with Gasteiger partial charge in [-0.05, 0) is 13.8 Å². The van der Waals surface area contributed by atoms with Crippen LogP contribution in [0.3, 0.4) is 0 Å². The summed E-state index contributed by atoms with van der Waals surface area (Å²) in [5.74, 6) is -0.727. The van der Waals surface area contributed by atoms with Crippen LogP contribution in [0, 0.1) is 0 Å². The fraction of sp³-hybridized carbons (Fsp3) is 0.455. The van der Waals surface area contributed by atoms with Gasteiger partial charge in [-0.1, -0.05) is 0 Å². The van der Waals surface area contributed by atoms with E-state index in [0.717, 1.165) is 0 Å². The van der Waals surface area contributed by atoms with Gasteiger partial charge in [-0.15, -0.1) is 0 Å². The average molecular weight is 222 g/mol. The van der Waals surface area contributed by atoms with Gasteiger partial charge in [0.15, 0.2) is 11.4 Å². The molecule has 0 saturated carbocycles. The Morgan fingerprint density at radius 2 is 2.00 bits per heavy atom. The summed E-state index contributed by atoms with van der Waals surface area (Å²) in [6, 6.07) is 1.34. The third-order valence-corrected chi connectivity index (χ3v) is 2.82. The maximum atomic E-state index is 12.0. The van der Waals surface area contributed by atoms with Crippen LogP contribution in [-0.4, -0.2) is 33.1 Å². The zero-order valence-electron chi connectivity index (χ0n) is 9.30. The van der Waals surface area contributed by atoms with E-state index < -0.39 is 11.2 Å². The predicted molar refractivity (Wildman–Crippen MR) is 58.5 cm³/mol. The van der Waals surface area contributed by atoms with Crippen LogP contribution in [0.2, 0.25) is 0 Å². The Labute approximate surface area is 92.9 Å². The zero-order valence-corrected chi connectivity index (χ0v) is 9.30. The van der Waals surface area contributed by atoms with E-state index in [4.69, 9.17) is 0 Å². The maximum Gasteiger partial charge on any atom is 0.274 e. The van der Waals surface area contributed by atoms with Crippen LogP contribution in [0.15, 0.2) is 17.1 Å². The summed E-state index contributed by atoms with van der Waals surface area (Å²) in [5, 5.41) is 9.63. The van der Waals surface area contributed by atoms with E-state index in [1.165, 1.54) is 6.07 Å². The fourth-order valence-electron chi connectivity index (χ4n) is 1.92. The second kappa shape index (κ2) is 3.66. The third-order valence-electron chi connectivity index (χ3n) is 2.82. The van der Waals surface area contributed by atoms with Crippen molar-refractivity contribution in [2.75, 3.05) is 6.54 Å². The number of hydrogen-bond donors (Lipinski definition) is 1. The van der Waals surface area contributed by atoms with Crippen molar-refractivity contribution in [1.82, 2.24) is 9.47 Å². The van der Waals surface area contributed by atoms with Gasteiger partial charge >= 0.3 is 0 Å². The van der Waals surface area contributed by atoms with Crippen LogP contribution in [0.25, 0.3) is 0 Å². The number of pyridine rings is 1. The number of rotatable bonds is 1. The Morgan fingerprint density at radius 3 is 2.62 bits per heavy atom. The summed E-state index contributed by atoms with van der Waals surface area (Å²) in [6.07, 6.45) is 1.55. The van der Waals surface area contributed by atoms with E-state index in [-0.39, 0.29) is 17.6 Å². The van der Waals surface area contributed by atoms with Crippen molar-refractivity contribution in [2.24, 2.45) is 0 Å². The number of hydrogen-bond acceptors (Lipinski definition) is 3. The van der Waals surface area contributed by atoms with E-state index in [1.54, 1.807) is 15.7 Å². The van der Waals surface area contributed by atoms with Gasteiger partial charge in [0.1, 0.15) is 0 Å². The van der Waals surface area contributed by atoms with Gasteiger partial charge in [-0.3, -0.25) is 9.59 Å². The number of carbonyl (C=O) groups is 1. The molecule has 86 valence electrons. The Balaban J connectivity index is 2.55. The molecule has 0 fully saturated rings. The number of aromatic nitrogens is 1. The lowest BCUT2D eigenvalue weighted by atomic mass is 10.2. The molecule has 0 saturated heterocycles. The SMILES string of the molecule is CC(C)N1CCn2ccc(=O)c(O)c2C1=O. The van der Waals surface area contributed by atoms with Crippen molar-refractivity contribution in [3.63, 3.8) is 0 Å². The Kier molecular flexibility index (Phi) is 2.46. The molecule has 1 aromatic heterocycles. The summed E-state index contributed by atoms with van der Waals surface area (Å²) < 4.78 is 1.62. The summed E-state index contributed by atoms with van der Waals surface area (Å²) >= 11 is 0. The highest BCUT2D eigenvalue weighted by molar-refractivity contribution is 5.95. The van der Waals surface area contributed by atoms with E-state index in [0.29, 0.717) is 13.1 Å². The molecule has 0 bridgehead atoms. The molecule has 0 aliphatic carbocycles. The smallest absolute Gasteiger partial charge is 0.274 e. The van der Waals surface area contributed by atoms with Gasteiger partial charge in [0, 0.05) is 31.4 Å². The first-order valence-corrected chi connectivity index (χ1v) is 5.25. The van der Waals surface area contributed by atoms with Crippen molar-refractivity contribution < 1.29 is 9.90 Å². The van der Waals surface area contributed by atoms with Crippen LogP contribution in [0.1, 0.15) is 24.3 Å². The van der Waals surface area contributed by atoms with Gasteiger partial charge in [-0.2, -0.15) is 0 Å². The van der Waals surface area contributed by atoms with Crippen LogP contribution in [0.4, 0.5) is 0 Å². The molecule has 0 aromatic carbocycles. The Morgan fingerprint density at radius 1 is 1.31 bits per heavy atom. The minimum atomic E-state index is -0.509. The molecule has 5 nitrogen and oxygen atoms in total. The largest absolute Gasteiger partial charge is 0.503 e. The lowest BCUT2D eigenvalue weighted by Gasteiger charge is -2.32. The number of amides is 1. The number of fused-ring (bicyclic) bond motifs is 1. The number of aromatic hydroxyl groups is 1. The monoisotopic (exact) mass is 222 g/mol. The molecule has 2 heterocycles. The quantitative estimate of drug-likeness (QED) is 0.749. The number of carbonyl (C=O) groups excluding carboxylic acids is 1. The normalized spacial score (nSPS) is 15.4. The van der Waals surface area contributed by atoms with E-state index in [2.05, 4.69) is 0 Å². The molecule has 1 aromatic rings. The van der Waals surface area contributed by atoms with Gasteiger partial charge in [0.05, 0.1) is 0 Å². The lowest BCUT2D eigenvalue weighted by molar-refractivity contribution is 0.0641. The topological polar surface area (TPSA) is 62.5 Å². The van der Waals surface area contributed by atoms with Crippen molar-refractivity contribution >= 4 is 5.91 Å². The molecule has 1 aliphatic rings. The standard InChI is InChI=1S/C11H14N2O3/c1-7(2)13-6-5-12-4-3-8(14)10(15)9(12)11(13)16/h3-4,7,15H,5-6H2,1-2H3. The van der Waals surface area contributed by atoms with Crippen molar-refractivity contribution in [3.05, 3.63) is 28.2 Å². The van der Waals surface area contributed by atoms with Crippen LogP contribution in [0.5, 0.6) is 5.75 Å². The zero-order chi connectivity index (χ0) is 11.9. The highest BCUT2D eigenvalue weighted by Crippen LogP contribution is 2.19. The van der Waals surface area contributed by atoms with Gasteiger partial charge in [0.2, 0.25) is 5.43 Å². The molecule has 5 heteroatoms. The molecule has 0 spiro atoms. The number of nitrogens with zero attached hydrogens (tertiary/aromatic N) is 2. The van der Waals surface area contributed by atoms with Gasteiger partial charge < -0.3 is 14.6 Å². The van der Waals surface area contributed by atoms with Crippen LogP contribution >= 0.6 is 0 Å². The molecule has 1 amide bonds. The minimum Gasteiger partial charge on any atom is -0.503 e. The summed E-state index contributed by atoms with van der Waals surface area (Å²) in [4.78, 5) is 25.0. The average Bonchev–Trinajstić information content (AvgIpc) is 2.23. The highest BCUT2D eigenvalue weighted by atomic mass is 16.3. The van der Waals surface area contributed by atoms with E-state index >= 15 is 0 Å². The molecule has 0 unspecified atom stereocenters. The second-order valence-corrected chi connectivity index (χ2v) is 4.16. The van der Waals surface area contributed by atoms with Crippen molar-refractivity contribution in [1.29, 1.82) is 0 Å².